The number of benzene rings is 1. The van der Waals surface area contributed by atoms with Gasteiger partial charge >= 0.3 is 6.18 Å². The second kappa shape index (κ2) is 4.87. The summed E-state index contributed by atoms with van der Waals surface area (Å²) in [6.07, 6.45) is -4.37. The van der Waals surface area contributed by atoms with E-state index in [0.29, 0.717) is 17.1 Å². The highest BCUT2D eigenvalue weighted by Crippen LogP contribution is 2.31. The normalized spacial score (nSPS) is 11.4. The number of aromatic nitrogens is 2. The molecule has 2 rings (SSSR count). The van der Waals surface area contributed by atoms with Crippen LogP contribution < -0.4 is 5.32 Å². The molecule has 0 saturated heterocycles. The zero-order valence-corrected chi connectivity index (χ0v) is 10.4. The van der Waals surface area contributed by atoms with Crippen LogP contribution in [0.25, 0.3) is 11.4 Å². The highest BCUT2D eigenvalue weighted by Gasteiger charge is 2.30. The third-order valence-corrected chi connectivity index (χ3v) is 2.56. The fourth-order valence-corrected chi connectivity index (χ4v) is 1.66. The summed E-state index contributed by atoms with van der Waals surface area (Å²) in [5, 5.41) is 2.85. The van der Waals surface area contributed by atoms with Crippen LogP contribution in [0.1, 0.15) is 11.3 Å². The summed E-state index contributed by atoms with van der Waals surface area (Å²) in [6, 6.07) is 6.70. The van der Waals surface area contributed by atoms with Crippen LogP contribution in [-0.4, -0.2) is 17.0 Å². The van der Waals surface area contributed by atoms with Crippen molar-refractivity contribution in [2.75, 3.05) is 12.4 Å². The van der Waals surface area contributed by atoms with Crippen molar-refractivity contribution < 1.29 is 13.2 Å². The molecule has 0 aliphatic carbocycles. The summed E-state index contributed by atoms with van der Waals surface area (Å²) in [6.45, 7) is 1.76. The minimum absolute atomic E-state index is 0.274. The van der Waals surface area contributed by atoms with Crippen molar-refractivity contribution in [3.8, 4) is 11.4 Å². The predicted molar refractivity (Wildman–Crippen MR) is 66.8 cm³/mol. The van der Waals surface area contributed by atoms with Crippen LogP contribution in [0.4, 0.5) is 19.0 Å². The fourth-order valence-electron chi connectivity index (χ4n) is 1.66. The third kappa shape index (κ3) is 3.01. The second-order valence-corrected chi connectivity index (χ2v) is 4.05. The average molecular weight is 267 g/mol. The van der Waals surface area contributed by atoms with Gasteiger partial charge in [0.2, 0.25) is 0 Å². The lowest BCUT2D eigenvalue weighted by molar-refractivity contribution is -0.137. The largest absolute Gasteiger partial charge is 0.416 e. The van der Waals surface area contributed by atoms with Crippen molar-refractivity contribution in [3.05, 3.63) is 41.6 Å². The molecule has 0 spiro atoms. The van der Waals surface area contributed by atoms with E-state index in [4.69, 9.17) is 0 Å². The molecule has 0 bridgehead atoms. The molecule has 100 valence electrons. The maximum absolute atomic E-state index is 12.7. The number of halogens is 3. The fraction of sp³-hybridized carbons (Fsp3) is 0.231. The van der Waals surface area contributed by atoms with E-state index in [2.05, 4.69) is 15.3 Å². The van der Waals surface area contributed by atoms with E-state index in [9.17, 15) is 13.2 Å². The molecule has 0 atom stereocenters. The Morgan fingerprint density at radius 3 is 2.47 bits per heavy atom. The van der Waals surface area contributed by atoms with E-state index in [0.717, 1.165) is 12.1 Å². The van der Waals surface area contributed by atoms with Gasteiger partial charge in [-0.2, -0.15) is 13.2 Å². The summed E-state index contributed by atoms with van der Waals surface area (Å²) in [4.78, 5) is 8.31. The Kier molecular flexibility index (Phi) is 3.42. The lowest BCUT2D eigenvalue weighted by atomic mass is 10.1. The van der Waals surface area contributed by atoms with Gasteiger partial charge in [-0.25, -0.2) is 9.97 Å². The molecule has 0 amide bonds. The maximum atomic E-state index is 12.7. The first-order chi connectivity index (χ1) is 8.90. The van der Waals surface area contributed by atoms with Crippen LogP contribution in [0.5, 0.6) is 0 Å². The molecule has 1 aromatic heterocycles. The van der Waals surface area contributed by atoms with Crippen LogP contribution in [-0.2, 0) is 6.18 Å². The van der Waals surface area contributed by atoms with Gasteiger partial charge in [0, 0.05) is 24.4 Å². The molecule has 6 heteroatoms. The Labute approximate surface area is 108 Å². The summed E-state index contributed by atoms with van der Waals surface area (Å²) in [5.41, 5.74) is 0.322. The highest BCUT2D eigenvalue weighted by molar-refractivity contribution is 5.58. The van der Waals surface area contributed by atoms with Gasteiger partial charge in [-0.05, 0) is 19.1 Å². The summed E-state index contributed by atoms with van der Waals surface area (Å²) in [5.74, 6) is 0.843. The quantitative estimate of drug-likeness (QED) is 0.904. The SMILES string of the molecule is CNc1cc(C)nc(-c2cccc(C(F)(F)F)c2)n1. The molecule has 1 aromatic carbocycles. The molecule has 1 N–H and O–H groups in total. The molecule has 0 aliphatic heterocycles. The number of anilines is 1. The van der Waals surface area contributed by atoms with Crippen molar-refractivity contribution in [2.45, 2.75) is 13.1 Å². The number of hydrogen-bond donors (Lipinski definition) is 1. The highest BCUT2D eigenvalue weighted by atomic mass is 19.4. The minimum atomic E-state index is -4.37. The summed E-state index contributed by atoms with van der Waals surface area (Å²) >= 11 is 0. The molecule has 1 heterocycles. The Bertz CT molecular complexity index is 594. The van der Waals surface area contributed by atoms with E-state index < -0.39 is 11.7 Å². The molecule has 0 aliphatic rings. The van der Waals surface area contributed by atoms with E-state index in [1.807, 2.05) is 0 Å². The number of alkyl halides is 3. The molecule has 0 fully saturated rings. The Hall–Kier alpha value is -2.11. The van der Waals surface area contributed by atoms with Crippen molar-refractivity contribution in [2.24, 2.45) is 0 Å². The first-order valence-corrected chi connectivity index (χ1v) is 5.61. The van der Waals surface area contributed by atoms with Gasteiger partial charge < -0.3 is 5.32 Å². The number of rotatable bonds is 2. The van der Waals surface area contributed by atoms with Crippen LogP contribution in [0, 0.1) is 6.92 Å². The van der Waals surface area contributed by atoms with Gasteiger partial charge in [-0.1, -0.05) is 12.1 Å². The lowest BCUT2D eigenvalue weighted by Crippen LogP contribution is -2.05. The van der Waals surface area contributed by atoms with E-state index in [1.165, 1.54) is 6.07 Å². The molecular weight excluding hydrogens is 255 g/mol. The number of aryl methyl sites for hydroxylation is 1. The van der Waals surface area contributed by atoms with Crippen molar-refractivity contribution in [1.29, 1.82) is 0 Å². The topological polar surface area (TPSA) is 37.8 Å². The standard InChI is InChI=1S/C13H12F3N3/c1-8-6-11(17-2)19-12(18-8)9-4-3-5-10(7-9)13(14,15)16/h3-7H,1-2H3,(H,17,18,19). The molecule has 3 nitrogen and oxygen atoms in total. The second-order valence-electron chi connectivity index (χ2n) is 4.05. The van der Waals surface area contributed by atoms with Crippen LogP contribution in [0.2, 0.25) is 0 Å². The first kappa shape index (κ1) is 13.3. The van der Waals surface area contributed by atoms with Gasteiger partial charge in [0.25, 0.3) is 0 Å². The molecule has 0 radical (unpaired) electrons. The van der Waals surface area contributed by atoms with E-state index >= 15 is 0 Å². The molecule has 2 aromatic rings. The van der Waals surface area contributed by atoms with Gasteiger partial charge in [0.05, 0.1) is 5.56 Å². The number of nitrogens with one attached hydrogen (secondary N) is 1. The number of nitrogens with zero attached hydrogens (tertiary/aromatic N) is 2. The van der Waals surface area contributed by atoms with Crippen LogP contribution in [0.3, 0.4) is 0 Å². The van der Waals surface area contributed by atoms with Crippen LogP contribution >= 0.6 is 0 Å². The molecule has 19 heavy (non-hydrogen) atoms. The van der Waals surface area contributed by atoms with Gasteiger partial charge in [-0.3, -0.25) is 0 Å². The average Bonchev–Trinajstić information content (AvgIpc) is 2.37. The molecular formula is C13H12F3N3. The van der Waals surface area contributed by atoms with E-state index in [1.54, 1.807) is 26.1 Å². The monoisotopic (exact) mass is 267 g/mol. The molecule has 0 unspecified atom stereocenters. The van der Waals surface area contributed by atoms with Gasteiger partial charge in [-0.15, -0.1) is 0 Å². The van der Waals surface area contributed by atoms with Crippen molar-refractivity contribution >= 4 is 5.82 Å². The maximum Gasteiger partial charge on any atom is 0.416 e. The van der Waals surface area contributed by atoms with Gasteiger partial charge in [0.15, 0.2) is 5.82 Å². The predicted octanol–water partition coefficient (Wildman–Crippen LogP) is 3.51. The Morgan fingerprint density at radius 1 is 1.11 bits per heavy atom. The lowest BCUT2D eigenvalue weighted by Gasteiger charge is -2.09. The smallest absolute Gasteiger partial charge is 0.373 e. The zero-order chi connectivity index (χ0) is 14.0. The van der Waals surface area contributed by atoms with Gasteiger partial charge in [0.1, 0.15) is 5.82 Å². The van der Waals surface area contributed by atoms with E-state index in [-0.39, 0.29) is 5.82 Å². The minimum Gasteiger partial charge on any atom is -0.373 e. The molecule has 0 saturated carbocycles. The van der Waals surface area contributed by atoms with Crippen molar-refractivity contribution in [3.63, 3.8) is 0 Å². The first-order valence-electron chi connectivity index (χ1n) is 5.61. The third-order valence-electron chi connectivity index (χ3n) is 2.56. The van der Waals surface area contributed by atoms with Crippen molar-refractivity contribution in [1.82, 2.24) is 9.97 Å². The van der Waals surface area contributed by atoms with Crippen LogP contribution in [0.15, 0.2) is 30.3 Å². The Balaban J connectivity index is 2.50. The number of hydrogen-bond acceptors (Lipinski definition) is 3. The summed E-state index contributed by atoms with van der Waals surface area (Å²) in [7, 11) is 1.69. The zero-order valence-electron chi connectivity index (χ0n) is 10.4. The summed E-state index contributed by atoms with van der Waals surface area (Å²) < 4.78 is 38.0. The Morgan fingerprint density at radius 2 is 1.84 bits per heavy atom.